The van der Waals surface area contributed by atoms with Gasteiger partial charge in [0.15, 0.2) is 6.10 Å². The van der Waals surface area contributed by atoms with Crippen LogP contribution < -0.4 is 0 Å². The van der Waals surface area contributed by atoms with Crippen LogP contribution in [0, 0.1) is 5.92 Å². The lowest BCUT2D eigenvalue weighted by molar-refractivity contribution is -0.154. The van der Waals surface area contributed by atoms with Crippen LogP contribution in [0.5, 0.6) is 0 Å². The van der Waals surface area contributed by atoms with E-state index in [1.165, 1.54) is 7.11 Å². The van der Waals surface area contributed by atoms with Gasteiger partial charge in [-0.25, -0.2) is 4.79 Å². The first-order valence-corrected chi connectivity index (χ1v) is 3.73. The maximum Gasteiger partial charge on any atom is 0.335 e. The van der Waals surface area contributed by atoms with E-state index in [-0.39, 0.29) is 24.1 Å². The molecular weight excluding hydrogens is 144 g/mol. The van der Waals surface area contributed by atoms with Crippen LogP contribution in [-0.4, -0.2) is 25.3 Å². The van der Waals surface area contributed by atoms with Crippen LogP contribution >= 0.6 is 0 Å². The second kappa shape index (κ2) is 2.34. The highest BCUT2D eigenvalue weighted by Gasteiger charge is 2.41. The third-order valence-electron chi connectivity index (χ3n) is 2.22. The molecule has 0 unspecified atom stereocenters. The number of methoxy groups -OCH3 is 1. The average molecular weight is 154 g/mol. The third kappa shape index (κ3) is 0.959. The second-order valence-corrected chi connectivity index (χ2v) is 2.90. The van der Waals surface area contributed by atoms with Gasteiger partial charge >= 0.3 is 5.97 Å². The van der Waals surface area contributed by atoms with Crippen molar-refractivity contribution in [2.45, 2.75) is 18.6 Å². The first kappa shape index (κ1) is 6.85. The van der Waals surface area contributed by atoms with Crippen molar-refractivity contribution < 1.29 is 14.3 Å². The fourth-order valence-electron chi connectivity index (χ4n) is 1.65. The first-order valence-electron chi connectivity index (χ1n) is 3.73. The smallest absolute Gasteiger partial charge is 0.335 e. The lowest BCUT2D eigenvalue weighted by Gasteiger charge is -2.15. The van der Waals surface area contributed by atoms with E-state index in [9.17, 15) is 4.79 Å². The van der Waals surface area contributed by atoms with Gasteiger partial charge in [0.1, 0.15) is 0 Å². The highest BCUT2D eigenvalue weighted by Crippen LogP contribution is 2.34. The number of carbonyl (C=O) groups is 1. The molecule has 3 nitrogen and oxygen atoms in total. The van der Waals surface area contributed by atoms with Crippen molar-refractivity contribution in [3.63, 3.8) is 0 Å². The average Bonchev–Trinajstić information content (AvgIpc) is 2.62. The van der Waals surface area contributed by atoms with Crippen molar-refractivity contribution in [3.05, 3.63) is 12.2 Å². The number of rotatable bonds is 1. The summed E-state index contributed by atoms with van der Waals surface area (Å²) >= 11 is 0. The van der Waals surface area contributed by atoms with Gasteiger partial charge in [0.05, 0.1) is 13.2 Å². The molecule has 1 aliphatic carbocycles. The third-order valence-corrected chi connectivity index (χ3v) is 2.22. The Balaban J connectivity index is 2.08. The quantitative estimate of drug-likeness (QED) is 0.407. The molecule has 60 valence electrons. The molecule has 0 aromatic rings. The van der Waals surface area contributed by atoms with Gasteiger partial charge in [-0.1, -0.05) is 12.2 Å². The van der Waals surface area contributed by atoms with E-state index >= 15 is 0 Å². The summed E-state index contributed by atoms with van der Waals surface area (Å²) in [5.41, 5.74) is 0. The second-order valence-electron chi connectivity index (χ2n) is 2.90. The lowest BCUT2D eigenvalue weighted by atomic mass is 10.0. The molecule has 2 aliphatic rings. The standard InChI is InChI=1S/C8H10O3/c1-10-8(9)7-5-2-3-6(4-5)11-7/h2-3,5-7H,4H2,1H3/t5-,6-,7-/m0/s1. The Morgan fingerprint density at radius 2 is 2.45 bits per heavy atom. The minimum atomic E-state index is -0.338. The first-order chi connectivity index (χ1) is 5.31. The lowest BCUT2D eigenvalue weighted by Crippen LogP contribution is -2.28. The Labute approximate surface area is 65.0 Å². The molecule has 0 saturated carbocycles. The largest absolute Gasteiger partial charge is 0.467 e. The summed E-state index contributed by atoms with van der Waals surface area (Å²) in [5.74, 6) is 0.00861. The topological polar surface area (TPSA) is 35.5 Å². The molecule has 0 aromatic heterocycles. The van der Waals surface area contributed by atoms with Crippen molar-refractivity contribution in [1.82, 2.24) is 0 Å². The summed E-state index contributed by atoms with van der Waals surface area (Å²) in [5, 5.41) is 0. The molecule has 11 heavy (non-hydrogen) atoms. The van der Waals surface area contributed by atoms with Crippen LogP contribution in [0.15, 0.2) is 12.2 Å². The minimum Gasteiger partial charge on any atom is -0.467 e. The Hall–Kier alpha value is -0.830. The van der Waals surface area contributed by atoms with E-state index in [0.717, 1.165) is 6.42 Å². The summed E-state index contributed by atoms with van der Waals surface area (Å²) in [7, 11) is 1.39. The van der Waals surface area contributed by atoms with Crippen molar-refractivity contribution in [2.24, 2.45) is 5.92 Å². The predicted molar refractivity (Wildman–Crippen MR) is 37.9 cm³/mol. The van der Waals surface area contributed by atoms with E-state index < -0.39 is 0 Å². The van der Waals surface area contributed by atoms with Crippen LogP contribution in [0.25, 0.3) is 0 Å². The fourth-order valence-corrected chi connectivity index (χ4v) is 1.65. The Kier molecular flexibility index (Phi) is 1.46. The molecular formula is C8H10O3. The highest BCUT2D eigenvalue weighted by molar-refractivity contribution is 5.76. The molecule has 0 aromatic carbocycles. The van der Waals surface area contributed by atoms with E-state index in [2.05, 4.69) is 4.74 Å². The Morgan fingerprint density at radius 1 is 1.64 bits per heavy atom. The number of fused-ring (bicyclic) bond motifs is 2. The minimum absolute atomic E-state index is 0.157. The van der Waals surface area contributed by atoms with Gasteiger partial charge in [0.25, 0.3) is 0 Å². The summed E-state index contributed by atoms with van der Waals surface area (Å²) in [6.45, 7) is 0. The molecule has 0 radical (unpaired) electrons. The zero-order valence-corrected chi connectivity index (χ0v) is 6.32. The summed E-state index contributed by atoms with van der Waals surface area (Å²) < 4.78 is 9.94. The number of hydrogen-bond acceptors (Lipinski definition) is 3. The van der Waals surface area contributed by atoms with Gasteiger partial charge in [-0.15, -0.1) is 0 Å². The van der Waals surface area contributed by atoms with Gasteiger partial charge < -0.3 is 9.47 Å². The SMILES string of the molecule is COC(=O)[C@H]1O[C@H]2C=C[C@H]1C2. The molecule has 2 rings (SSSR count). The summed E-state index contributed by atoms with van der Waals surface area (Å²) in [6.07, 6.45) is 4.80. The number of ether oxygens (including phenoxy) is 2. The van der Waals surface area contributed by atoms with Crippen molar-refractivity contribution in [3.8, 4) is 0 Å². The van der Waals surface area contributed by atoms with Gasteiger partial charge in [0, 0.05) is 5.92 Å². The van der Waals surface area contributed by atoms with Crippen LogP contribution in [0.4, 0.5) is 0 Å². The van der Waals surface area contributed by atoms with Crippen molar-refractivity contribution >= 4 is 5.97 Å². The molecule has 3 heteroatoms. The normalized spacial score (nSPS) is 39.5. The van der Waals surface area contributed by atoms with Crippen LogP contribution in [0.2, 0.25) is 0 Å². The molecule has 2 bridgehead atoms. The molecule has 0 amide bonds. The molecule has 0 N–H and O–H groups in total. The van der Waals surface area contributed by atoms with E-state index in [0.29, 0.717) is 0 Å². The van der Waals surface area contributed by atoms with Gasteiger partial charge in [-0.05, 0) is 6.42 Å². The fraction of sp³-hybridized carbons (Fsp3) is 0.625. The highest BCUT2D eigenvalue weighted by atomic mass is 16.6. The number of carbonyl (C=O) groups excluding carboxylic acids is 1. The van der Waals surface area contributed by atoms with Gasteiger partial charge in [0.2, 0.25) is 0 Å². The zero-order chi connectivity index (χ0) is 7.84. The Bertz CT molecular complexity index is 209. The maximum absolute atomic E-state index is 11.0. The number of esters is 1. The summed E-state index contributed by atoms with van der Waals surface area (Å²) in [4.78, 5) is 11.0. The molecule has 1 aliphatic heterocycles. The zero-order valence-electron chi connectivity index (χ0n) is 6.32. The van der Waals surface area contributed by atoms with Crippen LogP contribution in [-0.2, 0) is 14.3 Å². The molecule has 1 heterocycles. The molecule has 0 spiro atoms. The van der Waals surface area contributed by atoms with E-state index in [1.54, 1.807) is 0 Å². The summed E-state index contributed by atoms with van der Waals surface area (Å²) in [6, 6.07) is 0. The number of hydrogen-bond donors (Lipinski definition) is 0. The monoisotopic (exact) mass is 154 g/mol. The molecule has 1 saturated heterocycles. The van der Waals surface area contributed by atoms with Crippen molar-refractivity contribution in [1.29, 1.82) is 0 Å². The van der Waals surface area contributed by atoms with E-state index in [1.807, 2.05) is 12.2 Å². The van der Waals surface area contributed by atoms with Crippen LogP contribution in [0.1, 0.15) is 6.42 Å². The molecule has 1 fully saturated rings. The van der Waals surface area contributed by atoms with Crippen LogP contribution in [0.3, 0.4) is 0 Å². The maximum atomic E-state index is 11.0. The van der Waals surface area contributed by atoms with E-state index in [4.69, 9.17) is 4.74 Å². The Morgan fingerprint density at radius 3 is 2.91 bits per heavy atom. The van der Waals surface area contributed by atoms with Gasteiger partial charge in [-0.3, -0.25) is 0 Å². The predicted octanol–water partition coefficient (Wildman–Crippen LogP) is 0.503. The van der Waals surface area contributed by atoms with Crippen molar-refractivity contribution in [2.75, 3.05) is 7.11 Å². The van der Waals surface area contributed by atoms with Gasteiger partial charge in [-0.2, -0.15) is 0 Å². The molecule has 3 atom stereocenters.